The lowest BCUT2D eigenvalue weighted by atomic mass is 10.2. The summed E-state index contributed by atoms with van der Waals surface area (Å²) in [6.07, 6.45) is 1.92. The average Bonchev–Trinajstić information content (AvgIpc) is 3.26. The van der Waals surface area contributed by atoms with Crippen LogP contribution in [0.1, 0.15) is 28.2 Å². The molecule has 2 heterocycles. The Hall–Kier alpha value is -2.67. The lowest BCUT2D eigenvalue weighted by molar-refractivity contribution is -0.117. The fraction of sp³-hybridized carbons (Fsp3) is 0.278. The van der Waals surface area contributed by atoms with Crippen molar-refractivity contribution in [1.82, 2.24) is 9.78 Å². The highest BCUT2D eigenvalue weighted by Crippen LogP contribution is 2.31. The van der Waals surface area contributed by atoms with Crippen molar-refractivity contribution in [2.75, 3.05) is 10.6 Å². The maximum Gasteiger partial charge on any atom is 0.265 e. The summed E-state index contributed by atoms with van der Waals surface area (Å²) in [6.45, 7) is 1.93. The summed E-state index contributed by atoms with van der Waals surface area (Å²) in [7, 11) is 1.87. The molecule has 1 saturated carbocycles. The average molecular weight is 354 g/mol. The molecule has 0 atom stereocenters. The van der Waals surface area contributed by atoms with E-state index in [1.807, 2.05) is 38.2 Å². The van der Waals surface area contributed by atoms with Crippen molar-refractivity contribution in [2.45, 2.75) is 19.8 Å². The zero-order chi connectivity index (χ0) is 17.6. The van der Waals surface area contributed by atoms with Gasteiger partial charge in [0.1, 0.15) is 4.83 Å². The summed E-state index contributed by atoms with van der Waals surface area (Å²) in [5.74, 6) is 0.0378. The fourth-order valence-electron chi connectivity index (χ4n) is 2.77. The van der Waals surface area contributed by atoms with Crippen LogP contribution in [0.4, 0.5) is 11.4 Å². The Balaban J connectivity index is 1.51. The number of carbonyl (C=O) groups is 2. The van der Waals surface area contributed by atoms with Crippen molar-refractivity contribution >= 4 is 44.7 Å². The van der Waals surface area contributed by atoms with Gasteiger partial charge < -0.3 is 10.6 Å². The second-order valence-electron chi connectivity index (χ2n) is 6.34. The Bertz CT molecular complexity index is 950. The van der Waals surface area contributed by atoms with E-state index in [-0.39, 0.29) is 17.7 Å². The van der Waals surface area contributed by atoms with Gasteiger partial charge in [-0.1, -0.05) is 6.07 Å². The van der Waals surface area contributed by atoms with E-state index in [1.54, 1.807) is 10.7 Å². The van der Waals surface area contributed by atoms with Crippen LogP contribution >= 0.6 is 11.3 Å². The zero-order valence-corrected chi connectivity index (χ0v) is 14.8. The number of hydrogen-bond donors (Lipinski definition) is 2. The highest BCUT2D eigenvalue weighted by atomic mass is 32.1. The van der Waals surface area contributed by atoms with Crippen LogP contribution in [-0.2, 0) is 11.8 Å². The van der Waals surface area contributed by atoms with Gasteiger partial charge >= 0.3 is 0 Å². The third kappa shape index (κ3) is 3.15. The first-order valence-corrected chi connectivity index (χ1v) is 8.98. The minimum atomic E-state index is -0.161. The summed E-state index contributed by atoms with van der Waals surface area (Å²) < 4.78 is 1.79. The first-order chi connectivity index (χ1) is 12.0. The Morgan fingerprint density at radius 3 is 2.60 bits per heavy atom. The predicted octanol–water partition coefficient (Wildman–Crippen LogP) is 3.54. The second-order valence-corrected chi connectivity index (χ2v) is 7.37. The molecule has 0 radical (unpaired) electrons. The van der Waals surface area contributed by atoms with Crippen LogP contribution in [0.2, 0.25) is 0 Å². The number of nitrogens with zero attached hydrogens (tertiary/aromatic N) is 2. The largest absolute Gasteiger partial charge is 0.326 e. The molecule has 0 saturated heterocycles. The molecule has 6 nitrogen and oxygen atoms in total. The maximum atomic E-state index is 12.5. The Labute approximate surface area is 148 Å². The van der Waals surface area contributed by atoms with Gasteiger partial charge in [0.25, 0.3) is 5.91 Å². The monoisotopic (exact) mass is 354 g/mol. The molecular formula is C18H18N4O2S. The van der Waals surface area contributed by atoms with Crippen LogP contribution in [0.5, 0.6) is 0 Å². The van der Waals surface area contributed by atoms with E-state index in [0.29, 0.717) is 16.3 Å². The number of amides is 2. The molecule has 0 spiro atoms. The topological polar surface area (TPSA) is 76.0 Å². The molecule has 1 aromatic carbocycles. The molecule has 1 aliphatic carbocycles. The van der Waals surface area contributed by atoms with E-state index in [1.165, 1.54) is 11.3 Å². The minimum absolute atomic E-state index is 0.0518. The predicted molar refractivity (Wildman–Crippen MR) is 99.1 cm³/mol. The van der Waals surface area contributed by atoms with E-state index < -0.39 is 0 Å². The summed E-state index contributed by atoms with van der Waals surface area (Å²) in [5, 5.41) is 11.1. The number of aromatic nitrogens is 2. The Kier molecular flexibility index (Phi) is 3.80. The molecule has 0 bridgehead atoms. The van der Waals surface area contributed by atoms with Gasteiger partial charge in [-0.15, -0.1) is 11.3 Å². The zero-order valence-electron chi connectivity index (χ0n) is 14.0. The van der Waals surface area contributed by atoms with Crippen molar-refractivity contribution in [3.05, 3.63) is 40.9 Å². The Morgan fingerprint density at radius 1 is 1.20 bits per heavy atom. The molecule has 3 aromatic rings. The highest BCUT2D eigenvalue weighted by molar-refractivity contribution is 7.20. The van der Waals surface area contributed by atoms with Crippen LogP contribution in [0, 0.1) is 12.8 Å². The molecule has 2 amide bonds. The summed E-state index contributed by atoms with van der Waals surface area (Å²) in [4.78, 5) is 26.0. The molecule has 128 valence electrons. The summed E-state index contributed by atoms with van der Waals surface area (Å²) in [5.41, 5.74) is 2.27. The van der Waals surface area contributed by atoms with Crippen LogP contribution in [0.3, 0.4) is 0 Å². The molecular weight excluding hydrogens is 336 g/mol. The van der Waals surface area contributed by atoms with Gasteiger partial charge in [-0.2, -0.15) is 5.10 Å². The number of anilines is 2. The second kappa shape index (κ2) is 6.00. The molecule has 1 aliphatic rings. The van der Waals surface area contributed by atoms with Gasteiger partial charge in [-0.3, -0.25) is 14.3 Å². The van der Waals surface area contributed by atoms with E-state index in [4.69, 9.17) is 0 Å². The normalized spacial score (nSPS) is 13.8. The SMILES string of the molecule is Cc1nn(C)c2sc(C(=O)Nc3cccc(NC(=O)C4CC4)c3)cc12. The smallest absolute Gasteiger partial charge is 0.265 e. The molecule has 7 heteroatoms. The van der Waals surface area contributed by atoms with E-state index in [9.17, 15) is 9.59 Å². The quantitative estimate of drug-likeness (QED) is 0.752. The van der Waals surface area contributed by atoms with Crippen molar-refractivity contribution in [1.29, 1.82) is 0 Å². The number of carbonyl (C=O) groups excluding carboxylic acids is 2. The van der Waals surface area contributed by atoms with Crippen molar-refractivity contribution in [3.63, 3.8) is 0 Å². The summed E-state index contributed by atoms with van der Waals surface area (Å²) in [6, 6.07) is 9.10. The number of nitrogens with one attached hydrogen (secondary N) is 2. The van der Waals surface area contributed by atoms with Crippen molar-refractivity contribution < 1.29 is 9.59 Å². The Morgan fingerprint density at radius 2 is 1.92 bits per heavy atom. The number of benzene rings is 1. The first kappa shape index (κ1) is 15.8. The standard InChI is InChI=1S/C18H18N4O2S/c1-10-14-9-15(25-18(14)22(2)21-10)17(24)20-13-5-3-4-12(8-13)19-16(23)11-6-7-11/h3-5,8-9,11H,6-7H2,1-2H3,(H,19,23)(H,20,24). The van der Waals surface area contributed by atoms with Crippen LogP contribution in [0.15, 0.2) is 30.3 Å². The van der Waals surface area contributed by atoms with Crippen molar-refractivity contribution in [3.8, 4) is 0 Å². The van der Waals surface area contributed by atoms with E-state index in [0.717, 1.165) is 28.8 Å². The van der Waals surface area contributed by atoms with Gasteiger partial charge in [0.05, 0.1) is 10.6 Å². The van der Waals surface area contributed by atoms with Gasteiger partial charge in [-0.05, 0) is 44.0 Å². The number of thiophene rings is 1. The lowest BCUT2D eigenvalue weighted by Crippen LogP contribution is -2.14. The van der Waals surface area contributed by atoms with Gasteiger partial charge in [0.15, 0.2) is 0 Å². The summed E-state index contributed by atoms with van der Waals surface area (Å²) >= 11 is 1.42. The number of rotatable bonds is 4. The molecule has 25 heavy (non-hydrogen) atoms. The third-order valence-electron chi connectivity index (χ3n) is 4.26. The van der Waals surface area contributed by atoms with Crippen molar-refractivity contribution in [2.24, 2.45) is 13.0 Å². The van der Waals surface area contributed by atoms with Gasteiger partial charge in [0.2, 0.25) is 5.91 Å². The molecule has 1 fully saturated rings. The molecule has 2 N–H and O–H groups in total. The molecule has 2 aromatic heterocycles. The van der Waals surface area contributed by atoms with E-state index >= 15 is 0 Å². The lowest BCUT2D eigenvalue weighted by Gasteiger charge is -2.08. The van der Waals surface area contributed by atoms with Gasteiger partial charge in [-0.25, -0.2) is 0 Å². The van der Waals surface area contributed by atoms with Crippen LogP contribution in [0.25, 0.3) is 10.2 Å². The van der Waals surface area contributed by atoms with Gasteiger partial charge in [0, 0.05) is 29.7 Å². The van der Waals surface area contributed by atoms with E-state index in [2.05, 4.69) is 15.7 Å². The number of fused-ring (bicyclic) bond motifs is 1. The molecule has 0 unspecified atom stereocenters. The molecule has 0 aliphatic heterocycles. The molecule has 4 rings (SSSR count). The fourth-order valence-corrected chi connectivity index (χ4v) is 3.79. The number of aryl methyl sites for hydroxylation is 2. The maximum absolute atomic E-state index is 12.5. The van der Waals surface area contributed by atoms with Crippen LogP contribution < -0.4 is 10.6 Å². The third-order valence-corrected chi connectivity index (χ3v) is 5.46. The van der Waals surface area contributed by atoms with Crippen LogP contribution in [-0.4, -0.2) is 21.6 Å². The minimum Gasteiger partial charge on any atom is -0.326 e. The first-order valence-electron chi connectivity index (χ1n) is 8.16. The number of hydrogen-bond acceptors (Lipinski definition) is 4. The highest BCUT2D eigenvalue weighted by Gasteiger charge is 2.29.